The van der Waals surface area contributed by atoms with Gasteiger partial charge in [-0.1, -0.05) is 12.1 Å². The van der Waals surface area contributed by atoms with Crippen LogP contribution in [0.2, 0.25) is 0 Å². The van der Waals surface area contributed by atoms with Crippen LogP contribution in [-0.4, -0.2) is 64.7 Å². The van der Waals surface area contributed by atoms with Crippen LogP contribution in [0.5, 0.6) is 0 Å². The number of carbonyl (C=O) groups is 1. The minimum atomic E-state index is -3.40. The van der Waals surface area contributed by atoms with Gasteiger partial charge in [-0.05, 0) is 25.1 Å². The summed E-state index contributed by atoms with van der Waals surface area (Å²) in [4.78, 5) is 14.6. The van der Waals surface area contributed by atoms with Gasteiger partial charge in [0.15, 0.2) is 9.84 Å². The lowest BCUT2D eigenvalue weighted by Crippen LogP contribution is -2.44. The Kier molecular flexibility index (Phi) is 5.93. The number of benzene rings is 1. The lowest BCUT2D eigenvalue weighted by molar-refractivity contribution is 0.0948. The third-order valence-corrected chi connectivity index (χ3v) is 4.83. The Balaban J connectivity index is 1.85. The van der Waals surface area contributed by atoms with Gasteiger partial charge in [0.1, 0.15) is 0 Å². The van der Waals surface area contributed by atoms with E-state index in [9.17, 15) is 13.2 Å². The van der Waals surface area contributed by atoms with Gasteiger partial charge in [0.05, 0.1) is 10.5 Å². The minimum Gasteiger partial charge on any atom is -0.352 e. The van der Waals surface area contributed by atoms with E-state index in [0.29, 0.717) is 6.54 Å². The van der Waals surface area contributed by atoms with Crippen LogP contribution in [0.25, 0.3) is 0 Å². The van der Waals surface area contributed by atoms with Crippen LogP contribution < -0.4 is 10.6 Å². The molecular weight excluding hydrogens is 302 g/mol. The monoisotopic (exact) mass is 325 g/mol. The molecule has 1 saturated heterocycles. The van der Waals surface area contributed by atoms with Crippen molar-refractivity contribution in [2.45, 2.75) is 11.3 Å². The van der Waals surface area contributed by atoms with Gasteiger partial charge in [-0.25, -0.2) is 8.42 Å². The van der Waals surface area contributed by atoms with Crippen LogP contribution in [-0.2, 0) is 9.84 Å². The first-order valence-electron chi connectivity index (χ1n) is 7.49. The van der Waals surface area contributed by atoms with Crippen LogP contribution in [0.3, 0.4) is 0 Å². The summed E-state index contributed by atoms with van der Waals surface area (Å²) >= 11 is 0. The molecule has 0 bridgehead atoms. The second-order valence-electron chi connectivity index (χ2n) is 5.47. The fourth-order valence-electron chi connectivity index (χ4n) is 2.51. The molecule has 0 unspecified atom stereocenters. The molecule has 0 aliphatic carbocycles. The lowest BCUT2D eigenvalue weighted by Gasteiger charge is -2.27. The molecule has 1 aromatic carbocycles. The summed E-state index contributed by atoms with van der Waals surface area (Å²) in [5, 5.41) is 6.10. The summed E-state index contributed by atoms with van der Waals surface area (Å²) in [6, 6.07) is 6.30. The molecule has 1 fully saturated rings. The van der Waals surface area contributed by atoms with Crippen LogP contribution in [0.4, 0.5) is 0 Å². The SMILES string of the molecule is CS(=O)(=O)c1ccccc1C(=O)NCCCN1CCNCC1. The first kappa shape index (κ1) is 16.9. The quantitative estimate of drug-likeness (QED) is 0.726. The Bertz CT molecular complexity index is 610. The normalized spacial score (nSPS) is 16.4. The summed E-state index contributed by atoms with van der Waals surface area (Å²) in [7, 11) is -3.40. The average Bonchev–Trinajstić information content (AvgIpc) is 2.51. The number of piperazine rings is 1. The highest BCUT2D eigenvalue weighted by atomic mass is 32.2. The number of sulfone groups is 1. The summed E-state index contributed by atoms with van der Waals surface area (Å²) < 4.78 is 23.4. The molecule has 1 aromatic rings. The van der Waals surface area contributed by atoms with E-state index in [0.717, 1.165) is 45.4 Å². The predicted octanol–water partition coefficient (Wildman–Crippen LogP) is 0.115. The molecule has 6 nitrogen and oxygen atoms in total. The molecule has 7 heteroatoms. The number of carbonyl (C=O) groups excluding carboxylic acids is 1. The second kappa shape index (κ2) is 7.71. The predicted molar refractivity (Wildman–Crippen MR) is 85.8 cm³/mol. The van der Waals surface area contributed by atoms with Gasteiger partial charge in [-0.2, -0.15) is 0 Å². The number of nitrogens with one attached hydrogen (secondary N) is 2. The van der Waals surface area contributed by atoms with Crippen molar-refractivity contribution in [2.24, 2.45) is 0 Å². The minimum absolute atomic E-state index is 0.0783. The smallest absolute Gasteiger partial charge is 0.252 e. The van der Waals surface area contributed by atoms with Gasteiger partial charge in [0.2, 0.25) is 0 Å². The highest BCUT2D eigenvalue weighted by Gasteiger charge is 2.17. The third-order valence-electron chi connectivity index (χ3n) is 3.68. The highest BCUT2D eigenvalue weighted by molar-refractivity contribution is 7.90. The Morgan fingerprint density at radius 1 is 1.27 bits per heavy atom. The summed E-state index contributed by atoms with van der Waals surface area (Å²) in [6.07, 6.45) is 1.97. The number of hydrogen-bond acceptors (Lipinski definition) is 5. The van der Waals surface area contributed by atoms with Crippen molar-refractivity contribution in [1.29, 1.82) is 0 Å². The van der Waals surface area contributed by atoms with Crippen molar-refractivity contribution in [3.05, 3.63) is 29.8 Å². The Labute approximate surface area is 131 Å². The fraction of sp³-hybridized carbons (Fsp3) is 0.533. The topological polar surface area (TPSA) is 78.5 Å². The van der Waals surface area contributed by atoms with E-state index in [1.54, 1.807) is 18.2 Å². The lowest BCUT2D eigenvalue weighted by atomic mass is 10.2. The van der Waals surface area contributed by atoms with Crippen molar-refractivity contribution in [1.82, 2.24) is 15.5 Å². The van der Waals surface area contributed by atoms with Crippen molar-refractivity contribution in [2.75, 3.05) is 45.5 Å². The molecule has 2 N–H and O–H groups in total. The zero-order valence-electron chi connectivity index (χ0n) is 12.8. The van der Waals surface area contributed by atoms with Gasteiger partial charge in [-0.15, -0.1) is 0 Å². The molecule has 1 amide bonds. The zero-order chi connectivity index (χ0) is 16.0. The molecule has 122 valence electrons. The summed E-state index contributed by atoms with van der Waals surface area (Å²) in [5.41, 5.74) is 0.215. The van der Waals surface area contributed by atoms with Crippen LogP contribution >= 0.6 is 0 Å². The molecule has 0 aromatic heterocycles. The molecule has 2 rings (SSSR count). The summed E-state index contributed by atoms with van der Waals surface area (Å²) in [5.74, 6) is -0.332. The third kappa shape index (κ3) is 4.79. The summed E-state index contributed by atoms with van der Waals surface area (Å²) in [6.45, 7) is 5.56. The standard InChI is InChI=1S/C15H23N3O3S/c1-22(20,21)14-6-3-2-5-13(14)15(19)17-7-4-10-18-11-8-16-9-12-18/h2-3,5-6,16H,4,7-12H2,1H3,(H,17,19). The maximum atomic E-state index is 12.2. The van der Waals surface area contributed by atoms with Crippen LogP contribution in [0, 0.1) is 0 Å². The number of amides is 1. The number of nitrogens with zero attached hydrogens (tertiary/aromatic N) is 1. The molecule has 0 spiro atoms. The molecule has 1 aliphatic rings. The molecule has 0 saturated carbocycles. The largest absolute Gasteiger partial charge is 0.352 e. The molecule has 1 heterocycles. The maximum absolute atomic E-state index is 12.2. The zero-order valence-corrected chi connectivity index (χ0v) is 13.7. The van der Waals surface area contributed by atoms with Crippen molar-refractivity contribution in [3.63, 3.8) is 0 Å². The van der Waals surface area contributed by atoms with E-state index in [-0.39, 0.29) is 16.4 Å². The van der Waals surface area contributed by atoms with Crippen molar-refractivity contribution >= 4 is 15.7 Å². The van der Waals surface area contributed by atoms with Gasteiger partial charge >= 0.3 is 0 Å². The molecule has 1 aliphatic heterocycles. The van der Waals surface area contributed by atoms with E-state index >= 15 is 0 Å². The second-order valence-corrected chi connectivity index (χ2v) is 7.45. The number of rotatable bonds is 6. The van der Waals surface area contributed by atoms with Gasteiger partial charge in [0.25, 0.3) is 5.91 Å². The van der Waals surface area contributed by atoms with Crippen LogP contribution in [0.1, 0.15) is 16.8 Å². The van der Waals surface area contributed by atoms with Crippen molar-refractivity contribution < 1.29 is 13.2 Å². The number of hydrogen-bond donors (Lipinski definition) is 2. The van der Waals surface area contributed by atoms with E-state index in [4.69, 9.17) is 0 Å². The Hall–Kier alpha value is -1.44. The first-order valence-corrected chi connectivity index (χ1v) is 9.38. The van der Waals surface area contributed by atoms with E-state index in [2.05, 4.69) is 15.5 Å². The molecule has 0 atom stereocenters. The molecule has 0 radical (unpaired) electrons. The van der Waals surface area contributed by atoms with E-state index < -0.39 is 9.84 Å². The molecule has 22 heavy (non-hydrogen) atoms. The fourth-order valence-corrected chi connectivity index (χ4v) is 3.40. The Morgan fingerprint density at radius 2 is 1.95 bits per heavy atom. The first-order chi connectivity index (χ1) is 10.5. The van der Waals surface area contributed by atoms with Gasteiger partial charge in [-0.3, -0.25) is 4.79 Å². The average molecular weight is 325 g/mol. The van der Waals surface area contributed by atoms with Crippen molar-refractivity contribution in [3.8, 4) is 0 Å². The Morgan fingerprint density at radius 3 is 2.64 bits per heavy atom. The maximum Gasteiger partial charge on any atom is 0.252 e. The van der Waals surface area contributed by atoms with Gasteiger partial charge in [0, 0.05) is 39.0 Å². The van der Waals surface area contributed by atoms with E-state index in [1.807, 2.05) is 0 Å². The van der Waals surface area contributed by atoms with Gasteiger partial charge < -0.3 is 15.5 Å². The highest BCUT2D eigenvalue weighted by Crippen LogP contribution is 2.14. The van der Waals surface area contributed by atoms with E-state index in [1.165, 1.54) is 6.07 Å². The molecular formula is C15H23N3O3S. The van der Waals surface area contributed by atoms with Crippen LogP contribution in [0.15, 0.2) is 29.2 Å².